The van der Waals surface area contributed by atoms with Crippen LogP contribution in [0.4, 0.5) is 5.69 Å². The zero-order valence-corrected chi connectivity index (χ0v) is 16.4. The molecule has 0 aliphatic heterocycles. The molecule has 0 spiro atoms. The molecule has 0 aliphatic rings. The maximum atomic E-state index is 12.7. The fourth-order valence-corrected chi connectivity index (χ4v) is 2.68. The average Bonchev–Trinajstić information content (AvgIpc) is 2.66. The highest BCUT2D eigenvalue weighted by molar-refractivity contribution is 6.30. The lowest BCUT2D eigenvalue weighted by molar-refractivity contribution is -0.122. The van der Waals surface area contributed by atoms with Crippen molar-refractivity contribution in [3.05, 3.63) is 59.1 Å². The summed E-state index contributed by atoms with van der Waals surface area (Å²) >= 11 is 5.96. The van der Waals surface area contributed by atoms with Crippen LogP contribution in [0.5, 0.6) is 5.75 Å². The monoisotopic (exact) mass is 388 g/mol. The van der Waals surface area contributed by atoms with Gasteiger partial charge in [-0.2, -0.15) is 0 Å². The summed E-state index contributed by atoms with van der Waals surface area (Å²) in [6, 6.07) is 13.8. The summed E-state index contributed by atoms with van der Waals surface area (Å²) in [5, 5.41) is 6.22. The van der Waals surface area contributed by atoms with Gasteiger partial charge in [-0.25, -0.2) is 0 Å². The molecule has 5 nitrogen and oxygen atoms in total. The van der Waals surface area contributed by atoms with Gasteiger partial charge in [-0.1, -0.05) is 50.1 Å². The van der Waals surface area contributed by atoms with E-state index in [1.54, 1.807) is 48.5 Å². The molecule has 0 saturated carbocycles. The molecule has 0 aromatic heterocycles. The second-order valence-corrected chi connectivity index (χ2v) is 6.55. The molecule has 27 heavy (non-hydrogen) atoms. The first-order valence-corrected chi connectivity index (χ1v) is 9.53. The minimum atomic E-state index is -0.695. The molecular weight excluding hydrogens is 364 g/mol. The number of nitrogens with one attached hydrogen (secondary N) is 2. The summed E-state index contributed by atoms with van der Waals surface area (Å²) in [5.41, 5.74) is 0.893. The van der Waals surface area contributed by atoms with E-state index in [4.69, 9.17) is 16.3 Å². The van der Waals surface area contributed by atoms with Gasteiger partial charge in [0.2, 0.25) is 0 Å². The standard InChI is InChI=1S/C21H25ClN2O3/c1-3-5-13-23-20(25)17-11-6-7-12-18(17)24-21(26)19(4-2)27-16-10-8-9-15(22)14-16/h6-12,14,19H,3-5,13H2,1-2H3,(H,23,25)(H,24,26)/t19-/m0/s1. The number of hydrogen-bond donors (Lipinski definition) is 2. The number of carbonyl (C=O) groups is 2. The first-order chi connectivity index (χ1) is 13.0. The van der Waals surface area contributed by atoms with Crippen LogP contribution in [0.25, 0.3) is 0 Å². The van der Waals surface area contributed by atoms with E-state index in [2.05, 4.69) is 17.6 Å². The van der Waals surface area contributed by atoms with Gasteiger partial charge in [-0.15, -0.1) is 0 Å². The Labute approximate surface area is 165 Å². The Hall–Kier alpha value is -2.53. The van der Waals surface area contributed by atoms with E-state index in [1.165, 1.54) is 0 Å². The lowest BCUT2D eigenvalue weighted by Crippen LogP contribution is -2.33. The van der Waals surface area contributed by atoms with Crippen LogP contribution in [0.3, 0.4) is 0 Å². The fraction of sp³-hybridized carbons (Fsp3) is 0.333. The number of benzene rings is 2. The molecule has 2 rings (SSSR count). The first-order valence-electron chi connectivity index (χ1n) is 9.15. The largest absolute Gasteiger partial charge is 0.481 e. The number of amides is 2. The highest BCUT2D eigenvalue weighted by atomic mass is 35.5. The van der Waals surface area contributed by atoms with Crippen LogP contribution in [0.1, 0.15) is 43.5 Å². The molecule has 144 valence electrons. The number of anilines is 1. The molecule has 1 atom stereocenters. The fourth-order valence-electron chi connectivity index (χ4n) is 2.50. The molecule has 2 aromatic carbocycles. The lowest BCUT2D eigenvalue weighted by Gasteiger charge is -2.18. The third-order valence-corrected chi connectivity index (χ3v) is 4.22. The van der Waals surface area contributed by atoms with E-state index in [0.29, 0.717) is 35.0 Å². The number of halogens is 1. The molecule has 0 heterocycles. The topological polar surface area (TPSA) is 67.4 Å². The Morgan fingerprint density at radius 3 is 2.59 bits per heavy atom. The van der Waals surface area contributed by atoms with E-state index in [1.807, 2.05) is 6.92 Å². The Morgan fingerprint density at radius 1 is 1.11 bits per heavy atom. The van der Waals surface area contributed by atoms with Gasteiger partial charge in [-0.3, -0.25) is 9.59 Å². The van der Waals surface area contributed by atoms with Gasteiger partial charge in [0.15, 0.2) is 6.10 Å². The first kappa shape index (κ1) is 20.8. The molecular formula is C21H25ClN2O3. The Balaban J connectivity index is 2.08. The molecule has 2 aromatic rings. The maximum absolute atomic E-state index is 12.7. The van der Waals surface area contributed by atoms with Crippen molar-refractivity contribution in [2.75, 3.05) is 11.9 Å². The molecule has 0 aliphatic carbocycles. The van der Waals surface area contributed by atoms with Crippen molar-refractivity contribution in [2.24, 2.45) is 0 Å². The smallest absolute Gasteiger partial charge is 0.265 e. The van der Waals surface area contributed by atoms with Crippen molar-refractivity contribution in [1.82, 2.24) is 5.32 Å². The van der Waals surface area contributed by atoms with Gasteiger partial charge < -0.3 is 15.4 Å². The number of hydrogen-bond acceptors (Lipinski definition) is 3. The van der Waals surface area contributed by atoms with Crippen LogP contribution in [-0.2, 0) is 4.79 Å². The predicted octanol–water partition coefficient (Wildman–Crippen LogP) is 4.67. The highest BCUT2D eigenvalue weighted by Crippen LogP contribution is 2.21. The average molecular weight is 389 g/mol. The van der Waals surface area contributed by atoms with Crippen molar-refractivity contribution < 1.29 is 14.3 Å². The van der Waals surface area contributed by atoms with Crippen molar-refractivity contribution in [3.63, 3.8) is 0 Å². The predicted molar refractivity (Wildman–Crippen MR) is 108 cm³/mol. The molecule has 0 radical (unpaired) electrons. The number of unbranched alkanes of at least 4 members (excludes halogenated alkanes) is 1. The van der Waals surface area contributed by atoms with E-state index in [-0.39, 0.29) is 11.8 Å². The third-order valence-electron chi connectivity index (χ3n) is 3.98. The van der Waals surface area contributed by atoms with E-state index < -0.39 is 6.10 Å². The molecule has 6 heteroatoms. The van der Waals surface area contributed by atoms with Crippen molar-refractivity contribution in [3.8, 4) is 5.75 Å². The van der Waals surface area contributed by atoms with Gasteiger partial charge in [0, 0.05) is 11.6 Å². The minimum Gasteiger partial charge on any atom is -0.481 e. The second-order valence-electron chi connectivity index (χ2n) is 6.12. The minimum absolute atomic E-state index is 0.205. The summed E-state index contributed by atoms with van der Waals surface area (Å²) in [7, 11) is 0. The normalized spacial score (nSPS) is 11.5. The van der Waals surface area contributed by atoms with E-state index in [9.17, 15) is 9.59 Å². The van der Waals surface area contributed by atoms with Crippen LogP contribution < -0.4 is 15.4 Å². The number of carbonyl (C=O) groups excluding carboxylic acids is 2. The lowest BCUT2D eigenvalue weighted by atomic mass is 10.1. The number of ether oxygens (including phenoxy) is 1. The van der Waals surface area contributed by atoms with Gasteiger partial charge in [0.1, 0.15) is 5.75 Å². The number of rotatable bonds is 9. The molecule has 0 unspecified atom stereocenters. The van der Waals surface area contributed by atoms with Crippen LogP contribution >= 0.6 is 11.6 Å². The molecule has 0 bridgehead atoms. The summed E-state index contributed by atoms with van der Waals surface area (Å²) in [6.07, 6.45) is 1.69. The molecule has 2 amide bonds. The van der Waals surface area contributed by atoms with Gasteiger partial charge in [0.25, 0.3) is 11.8 Å². The van der Waals surface area contributed by atoms with Crippen LogP contribution in [-0.4, -0.2) is 24.5 Å². The SMILES string of the molecule is CCCCNC(=O)c1ccccc1NC(=O)[C@H](CC)Oc1cccc(Cl)c1. The third kappa shape index (κ3) is 6.29. The Bertz CT molecular complexity index is 780. The Morgan fingerprint density at radius 2 is 1.89 bits per heavy atom. The van der Waals surface area contributed by atoms with Gasteiger partial charge >= 0.3 is 0 Å². The number of para-hydroxylation sites is 1. The quantitative estimate of drug-likeness (QED) is 0.613. The van der Waals surface area contributed by atoms with Gasteiger partial charge in [0.05, 0.1) is 11.3 Å². The highest BCUT2D eigenvalue weighted by Gasteiger charge is 2.21. The summed E-state index contributed by atoms with van der Waals surface area (Å²) in [6.45, 7) is 4.52. The van der Waals surface area contributed by atoms with Gasteiger partial charge in [-0.05, 0) is 43.2 Å². The second kappa shape index (κ2) is 10.6. The van der Waals surface area contributed by atoms with Crippen molar-refractivity contribution in [1.29, 1.82) is 0 Å². The Kier molecular flexibility index (Phi) is 8.14. The van der Waals surface area contributed by atoms with E-state index >= 15 is 0 Å². The molecule has 0 saturated heterocycles. The summed E-state index contributed by atoms with van der Waals surface area (Å²) < 4.78 is 5.76. The zero-order valence-electron chi connectivity index (χ0n) is 15.6. The van der Waals surface area contributed by atoms with Crippen LogP contribution in [0.15, 0.2) is 48.5 Å². The summed E-state index contributed by atoms with van der Waals surface area (Å²) in [4.78, 5) is 25.0. The van der Waals surface area contributed by atoms with Crippen molar-refractivity contribution in [2.45, 2.75) is 39.2 Å². The maximum Gasteiger partial charge on any atom is 0.265 e. The van der Waals surface area contributed by atoms with Crippen LogP contribution in [0, 0.1) is 0 Å². The summed E-state index contributed by atoms with van der Waals surface area (Å²) in [5.74, 6) is 0.00420. The molecule has 0 fully saturated rings. The van der Waals surface area contributed by atoms with Crippen LogP contribution in [0.2, 0.25) is 5.02 Å². The zero-order chi connectivity index (χ0) is 19.6. The van der Waals surface area contributed by atoms with E-state index in [0.717, 1.165) is 12.8 Å². The van der Waals surface area contributed by atoms with Crippen molar-refractivity contribution >= 4 is 29.1 Å². The molecule has 2 N–H and O–H groups in total.